The van der Waals surface area contributed by atoms with Crippen molar-refractivity contribution in [2.24, 2.45) is 0 Å². The molecule has 3 rings (SSSR count). The number of nitrogens with zero attached hydrogens (tertiary/aromatic N) is 4. The van der Waals surface area contributed by atoms with Gasteiger partial charge in [0.05, 0.1) is 24.4 Å². The highest BCUT2D eigenvalue weighted by molar-refractivity contribution is 7.99. The molecule has 0 unspecified atom stereocenters. The quantitative estimate of drug-likeness (QED) is 0.473. The van der Waals surface area contributed by atoms with Crippen LogP contribution >= 0.6 is 11.8 Å². The number of hydrogen-bond donors (Lipinski definition) is 0. The molecule has 0 amide bonds. The molecule has 1 saturated heterocycles. The molecule has 28 heavy (non-hydrogen) atoms. The number of rotatable bonds is 8. The number of thioether (sulfide) groups is 1. The molecule has 0 radical (unpaired) electrons. The summed E-state index contributed by atoms with van der Waals surface area (Å²) in [5, 5.41) is 8.92. The lowest BCUT2D eigenvalue weighted by molar-refractivity contribution is -0.137. The predicted octanol–water partition coefficient (Wildman–Crippen LogP) is 4.40. The Morgan fingerprint density at radius 2 is 1.86 bits per heavy atom. The predicted molar refractivity (Wildman–Crippen MR) is 103 cm³/mol. The minimum atomic E-state index is -4.45. The molecule has 0 spiro atoms. The van der Waals surface area contributed by atoms with E-state index in [4.69, 9.17) is 4.74 Å². The summed E-state index contributed by atoms with van der Waals surface area (Å²) in [6.07, 6.45) is -1.05. The van der Waals surface area contributed by atoms with Gasteiger partial charge in [-0.15, -0.1) is 10.2 Å². The molecule has 2 aromatic rings. The van der Waals surface area contributed by atoms with E-state index in [1.807, 2.05) is 6.92 Å². The number of piperidine rings is 1. The fourth-order valence-corrected chi connectivity index (χ4v) is 4.12. The fraction of sp³-hybridized carbons (Fsp3) is 0.579. The SMILES string of the molecule is CCOCCSc1nnc(CN2CCCCC2)n1-c1ccccc1C(F)(F)F. The number of aromatic nitrogens is 3. The van der Waals surface area contributed by atoms with Crippen molar-refractivity contribution in [1.29, 1.82) is 0 Å². The van der Waals surface area contributed by atoms with Gasteiger partial charge in [0.2, 0.25) is 0 Å². The summed E-state index contributed by atoms with van der Waals surface area (Å²) in [5.41, 5.74) is -0.604. The average Bonchev–Trinajstić information content (AvgIpc) is 3.07. The molecule has 9 heteroatoms. The molecule has 1 aliphatic heterocycles. The first-order valence-corrected chi connectivity index (χ1v) is 10.5. The molecule has 1 fully saturated rings. The molecular weight excluding hydrogens is 389 g/mol. The minimum Gasteiger partial charge on any atom is -0.381 e. The first kappa shape index (κ1) is 21.1. The van der Waals surface area contributed by atoms with E-state index in [0.717, 1.165) is 32.0 Å². The topological polar surface area (TPSA) is 43.2 Å². The van der Waals surface area contributed by atoms with Crippen molar-refractivity contribution in [3.05, 3.63) is 35.7 Å². The number of ether oxygens (including phenoxy) is 1. The monoisotopic (exact) mass is 414 g/mol. The molecule has 0 bridgehead atoms. The molecule has 1 aromatic heterocycles. The van der Waals surface area contributed by atoms with Crippen molar-refractivity contribution in [3.63, 3.8) is 0 Å². The van der Waals surface area contributed by atoms with Gasteiger partial charge in [-0.3, -0.25) is 9.47 Å². The largest absolute Gasteiger partial charge is 0.418 e. The van der Waals surface area contributed by atoms with Crippen LogP contribution in [0.15, 0.2) is 29.4 Å². The summed E-state index contributed by atoms with van der Waals surface area (Å²) in [6.45, 7) is 5.37. The first-order chi connectivity index (χ1) is 13.5. The second kappa shape index (κ2) is 9.76. The molecule has 0 aliphatic carbocycles. The maximum absolute atomic E-state index is 13.6. The third-order valence-electron chi connectivity index (χ3n) is 4.63. The van der Waals surface area contributed by atoms with Gasteiger partial charge in [-0.05, 0) is 45.0 Å². The van der Waals surface area contributed by atoms with Crippen molar-refractivity contribution in [1.82, 2.24) is 19.7 Å². The van der Waals surface area contributed by atoms with E-state index in [2.05, 4.69) is 15.1 Å². The second-order valence-electron chi connectivity index (χ2n) is 6.63. The lowest BCUT2D eigenvalue weighted by Gasteiger charge is -2.26. The summed E-state index contributed by atoms with van der Waals surface area (Å²) in [6, 6.07) is 5.61. The van der Waals surface area contributed by atoms with Crippen LogP contribution in [0.3, 0.4) is 0 Å². The zero-order valence-corrected chi connectivity index (χ0v) is 16.7. The molecule has 5 nitrogen and oxygen atoms in total. The molecule has 1 aliphatic rings. The Bertz CT molecular complexity index is 760. The van der Waals surface area contributed by atoms with E-state index >= 15 is 0 Å². The van der Waals surface area contributed by atoms with Crippen LogP contribution in [0.5, 0.6) is 0 Å². The number of para-hydroxylation sites is 1. The lowest BCUT2D eigenvalue weighted by atomic mass is 10.1. The highest BCUT2D eigenvalue weighted by Crippen LogP contribution is 2.35. The van der Waals surface area contributed by atoms with E-state index in [0.29, 0.717) is 36.5 Å². The molecule has 0 atom stereocenters. The van der Waals surface area contributed by atoms with Crippen LogP contribution in [0, 0.1) is 0 Å². The smallest absolute Gasteiger partial charge is 0.381 e. The first-order valence-electron chi connectivity index (χ1n) is 9.54. The summed E-state index contributed by atoms with van der Waals surface area (Å²) in [5.74, 6) is 1.14. The van der Waals surface area contributed by atoms with Crippen molar-refractivity contribution in [3.8, 4) is 5.69 Å². The number of halogens is 3. The molecule has 154 valence electrons. The zero-order chi connectivity index (χ0) is 20.0. The molecule has 0 N–H and O–H groups in total. The van der Waals surface area contributed by atoms with Crippen LogP contribution in [0.1, 0.15) is 37.6 Å². The zero-order valence-electron chi connectivity index (χ0n) is 15.9. The van der Waals surface area contributed by atoms with Gasteiger partial charge in [0, 0.05) is 12.4 Å². The van der Waals surface area contributed by atoms with E-state index < -0.39 is 11.7 Å². The second-order valence-corrected chi connectivity index (χ2v) is 7.69. The Labute approximate surface area is 167 Å². The van der Waals surface area contributed by atoms with Crippen molar-refractivity contribution >= 4 is 11.8 Å². The minimum absolute atomic E-state index is 0.0749. The van der Waals surface area contributed by atoms with Gasteiger partial charge in [-0.1, -0.05) is 30.3 Å². The van der Waals surface area contributed by atoms with Gasteiger partial charge in [0.25, 0.3) is 0 Å². The Morgan fingerprint density at radius 3 is 2.57 bits per heavy atom. The van der Waals surface area contributed by atoms with Crippen molar-refractivity contribution in [2.75, 3.05) is 32.1 Å². The van der Waals surface area contributed by atoms with Gasteiger partial charge in [-0.2, -0.15) is 13.2 Å². The van der Waals surface area contributed by atoms with Crippen LogP contribution in [-0.2, 0) is 17.5 Å². The molecular formula is C19H25F3N4OS. The van der Waals surface area contributed by atoms with Crippen molar-refractivity contribution < 1.29 is 17.9 Å². The normalized spacial score (nSPS) is 15.9. The Kier molecular flexibility index (Phi) is 7.36. The van der Waals surface area contributed by atoms with Crippen LogP contribution in [0.2, 0.25) is 0 Å². The summed E-state index contributed by atoms with van der Waals surface area (Å²) < 4.78 is 47.8. The average molecular weight is 414 g/mol. The molecule has 2 heterocycles. The maximum atomic E-state index is 13.6. The number of likely N-dealkylation sites (tertiary alicyclic amines) is 1. The van der Waals surface area contributed by atoms with Crippen LogP contribution < -0.4 is 0 Å². The summed E-state index contributed by atoms with van der Waals surface area (Å²) >= 11 is 1.36. The van der Waals surface area contributed by atoms with E-state index in [1.165, 1.54) is 30.3 Å². The van der Waals surface area contributed by atoms with E-state index in [-0.39, 0.29) is 5.69 Å². The van der Waals surface area contributed by atoms with Crippen molar-refractivity contribution in [2.45, 2.75) is 44.1 Å². The van der Waals surface area contributed by atoms with Gasteiger partial charge >= 0.3 is 6.18 Å². The standard InChI is InChI=1S/C19H25F3N4OS/c1-2-27-12-13-28-18-24-23-17(14-25-10-6-3-7-11-25)26(18)16-9-5-4-8-15(16)19(20,21)22/h4-5,8-9H,2-3,6-7,10-14H2,1H3. The van der Waals surface area contributed by atoms with E-state index in [1.54, 1.807) is 10.6 Å². The summed E-state index contributed by atoms with van der Waals surface area (Å²) in [4.78, 5) is 2.23. The molecule has 0 saturated carbocycles. The van der Waals surface area contributed by atoms with Gasteiger partial charge in [0.1, 0.15) is 0 Å². The van der Waals surface area contributed by atoms with E-state index in [9.17, 15) is 13.2 Å². The maximum Gasteiger partial charge on any atom is 0.418 e. The number of hydrogen-bond acceptors (Lipinski definition) is 5. The Morgan fingerprint density at radius 1 is 1.11 bits per heavy atom. The van der Waals surface area contributed by atoms with Gasteiger partial charge < -0.3 is 4.74 Å². The number of benzene rings is 1. The Hall–Kier alpha value is -1.58. The summed E-state index contributed by atoms with van der Waals surface area (Å²) in [7, 11) is 0. The van der Waals surface area contributed by atoms with Crippen LogP contribution in [0.25, 0.3) is 5.69 Å². The number of alkyl halides is 3. The van der Waals surface area contributed by atoms with Gasteiger partial charge in [-0.25, -0.2) is 0 Å². The fourth-order valence-electron chi connectivity index (χ4n) is 3.30. The van der Waals surface area contributed by atoms with Crippen LogP contribution in [-0.4, -0.2) is 51.7 Å². The third kappa shape index (κ3) is 5.27. The van der Waals surface area contributed by atoms with Crippen LogP contribution in [0.4, 0.5) is 13.2 Å². The van der Waals surface area contributed by atoms with Gasteiger partial charge in [0.15, 0.2) is 11.0 Å². The molecule has 1 aromatic carbocycles. The highest BCUT2D eigenvalue weighted by atomic mass is 32.2. The third-order valence-corrected chi connectivity index (χ3v) is 5.52. The highest BCUT2D eigenvalue weighted by Gasteiger charge is 2.35. The Balaban J connectivity index is 1.94. The lowest BCUT2D eigenvalue weighted by Crippen LogP contribution is -2.30.